The van der Waals surface area contributed by atoms with E-state index in [0.29, 0.717) is 13.2 Å². The lowest BCUT2D eigenvalue weighted by Crippen LogP contribution is -2.32. The summed E-state index contributed by atoms with van der Waals surface area (Å²) >= 11 is 0. The molecule has 2 aliphatic heterocycles. The zero-order valence-electron chi connectivity index (χ0n) is 16.5. The summed E-state index contributed by atoms with van der Waals surface area (Å²) in [6, 6.07) is 16.4. The third kappa shape index (κ3) is 4.81. The van der Waals surface area contributed by atoms with Gasteiger partial charge in [0.25, 0.3) is 5.91 Å². The zero-order valence-corrected chi connectivity index (χ0v) is 16.5. The Balaban J connectivity index is 1.36. The van der Waals surface area contributed by atoms with Crippen molar-refractivity contribution in [3.63, 3.8) is 0 Å². The molecule has 1 unspecified atom stereocenters. The van der Waals surface area contributed by atoms with Gasteiger partial charge in [0, 0.05) is 18.7 Å². The number of carbonyl (C=O) groups is 1. The molecule has 4 nitrogen and oxygen atoms in total. The average Bonchev–Trinajstić information content (AvgIpc) is 3.01. The highest BCUT2D eigenvalue weighted by molar-refractivity contribution is 5.94. The second-order valence-electron chi connectivity index (χ2n) is 7.91. The van der Waals surface area contributed by atoms with Gasteiger partial charge in [0.1, 0.15) is 6.10 Å². The number of carbonyl (C=O) groups excluding carboxylic acids is 1. The van der Waals surface area contributed by atoms with Gasteiger partial charge in [0.05, 0.1) is 6.61 Å². The molecule has 1 amide bonds. The fraction of sp³-hybridized carbons (Fsp3) is 0.458. The molecule has 1 atom stereocenters. The summed E-state index contributed by atoms with van der Waals surface area (Å²) in [6.07, 6.45) is 6.12. The minimum absolute atomic E-state index is 0.0237. The molecule has 0 radical (unpaired) electrons. The standard InChI is InChI=1S/C24H30N2O2/c27-24(25-17-23-22-11-4-3-9-20(22)12-15-28-23)21-10-7-8-19(16-21)18-26-13-5-1-2-6-14-26/h3-4,7-11,16,23H,1-2,5-6,12-15,17-18H2,(H,25,27). The molecule has 148 valence electrons. The number of nitrogens with zero attached hydrogens (tertiary/aromatic N) is 1. The second-order valence-corrected chi connectivity index (χ2v) is 7.91. The molecule has 4 heteroatoms. The summed E-state index contributed by atoms with van der Waals surface area (Å²) in [6.45, 7) is 4.47. The van der Waals surface area contributed by atoms with Crippen molar-refractivity contribution in [1.82, 2.24) is 10.2 Å². The van der Waals surface area contributed by atoms with Crippen molar-refractivity contribution in [2.24, 2.45) is 0 Å². The van der Waals surface area contributed by atoms with Crippen LogP contribution >= 0.6 is 0 Å². The van der Waals surface area contributed by atoms with Gasteiger partial charge in [0.2, 0.25) is 0 Å². The van der Waals surface area contributed by atoms with E-state index in [1.165, 1.54) is 42.4 Å². The molecular weight excluding hydrogens is 348 g/mol. The number of nitrogens with one attached hydrogen (secondary N) is 1. The van der Waals surface area contributed by atoms with E-state index < -0.39 is 0 Å². The maximum atomic E-state index is 12.7. The summed E-state index contributed by atoms with van der Waals surface area (Å²) < 4.78 is 5.91. The molecule has 2 heterocycles. The van der Waals surface area contributed by atoms with E-state index in [2.05, 4.69) is 34.5 Å². The fourth-order valence-electron chi connectivity index (χ4n) is 4.30. The lowest BCUT2D eigenvalue weighted by Gasteiger charge is -2.26. The SMILES string of the molecule is O=C(NCC1OCCc2ccccc21)c1cccc(CN2CCCCCC2)c1. The zero-order chi connectivity index (χ0) is 19.2. The summed E-state index contributed by atoms with van der Waals surface area (Å²) in [5.74, 6) is -0.0237. The van der Waals surface area contributed by atoms with Crippen LogP contribution in [0.1, 0.15) is 58.8 Å². The van der Waals surface area contributed by atoms with Crippen molar-refractivity contribution in [1.29, 1.82) is 0 Å². The van der Waals surface area contributed by atoms with E-state index in [-0.39, 0.29) is 12.0 Å². The Morgan fingerprint density at radius 3 is 2.71 bits per heavy atom. The van der Waals surface area contributed by atoms with E-state index in [1.807, 2.05) is 24.3 Å². The number of rotatable bonds is 5. The number of hydrogen-bond donors (Lipinski definition) is 1. The Hall–Kier alpha value is -2.17. The maximum absolute atomic E-state index is 12.7. The molecule has 0 aromatic heterocycles. The third-order valence-corrected chi connectivity index (χ3v) is 5.83. The van der Waals surface area contributed by atoms with Crippen LogP contribution in [0.5, 0.6) is 0 Å². The van der Waals surface area contributed by atoms with Crippen molar-refractivity contribution < 1.29 is 9.53 Å². The molecule has 0 aliphatic carbocycles. The minimum atomic E-state index is -0.0609. The van der Waals surface area contributed by atoms with Crippen LogP contribution in [-0.2, 0) is 17.7 Å². The highest BCUT2D eigenvalue weighted by atomic mass is 16.5. The molecule has 2 aromatic carbocycles. The van der Waals surface area contributed by atoms with E-state index in [0.717, 1.165) is 31.6 Å². The van der Waals surface area contributed by atoms with Gasteiger partial charge in [-0.05, 0) is 61.2 Å². The van der Waals surface area contributed by atoms with Crippen molar-refractivity contribution in [2.45, 2.75) is 44.8 Å². The molecule has 2 aromatic rings. The maximum Gasteiger partial charge on any atom is 0.251 e. The predicted molar refractivity (Wildman–Crippen MR) is 111 cm³/mol. The van der Waals surface area contributed by atoms with Gasteiger partial charge in [-0.2, -0.15) is 0 Å². The van der Waals surface area contributed by atoms with Gasteiger partial charge in [-0.3, -0.25) is 9.69 Å². The first-order valence-corrected chi connectivity index (χ1v) is 10.6. The summed E-state index contributed by atoms with van der Waals surface area (Å²) in [5.41, 5.74) is 4.47. The Bertz CT molecular complexity index is 797. The molecule has 4 rings (SSSR count). The fourth-order valence-corrected chi connectivity index (χ4v) is 4.30. The number of amides is 1. The number of benzene rings is 2. The van der Waals surface area contributed by atoms with Gasteiger partial charge in [-0.1, -0.05) is 49.2 Å². The summed E-state index contributed by atoms with van der Waals surface area (Å²) in [5, 5.41) is 3.07. The van der Waals surface area contributed by atoms with Crippen molar-refractivity contribution in [2.75, 3.05) is 26.2 Å². The van der Waals surface area contributed by atoms with Crippen LogP contribution in [-0.4, -0.2) is 37.0 Å². The Kier molecular flexibility index (Phi) is 6.40. The third-order valence-electron chi connectivity index (χ3n) is 5.83. The van der Waals surface area contributed by atoms with Gasteiger partial charge >= 0.3 is 0 Å². The number of ether oxygens (including phenoxy) is 1. The molecule has 0 spiro atoms. The van der Waals surface area contributed by atoms with E-state index in [4.69, 9.17) is 4.74 Å². The van der Waals surface area contributed by atoms with Crippen LogP contribution in [0.3, 0.4) is 0 Å². The predicted octanol–water partition coefficient (Wildman–Crippen LogP) is 4.11. The topological polar surface area (TPSA) is 41.6 Å². The molecule has 0 saturated carbocycles. The van der Waals surface area contributed by atoms with E-state index in [9.17, 15) is 4.79 Å². The van der Waals surface area contributed by atoms with Crippen LogP contribution < -0.4 is 5.32 Å². The first-order chi connectivity index (χ1) is 13.8. The van der Waals surface area contributed by atoms with Crippen LogP contribution in [0.2, 0.25) is 0 Å². The first-order valence-electron chi connectivity index (χ1n) is 10.6. The van der Waals surface area contributed by atoms with Gasteiger partial charge in [-0.15, -0.1) is 0 Å². The Labute approximate surface area is 167 Å². The summed E-state index contributed by atoms with van der Waals surface area (Å²) in [7, 11) is 0. The van der Waals surface area contributed by atoms with E-state index >= 15 is 0 Å². The molecule has 1 saturated heterocycles. The van der Waals surface area contributed by atoms with Gasteiger partial charge < -0.3 is 10.1 Å². The lowest BCUT2D eigenvalue weighted by atomic mass is 9.97. The highest BCUT2D eigenvalue weighted by Crippen LogP contribution is 2.26. The first kappa shape index (κ1) is 19.2. The number of likely N-dealkylation sites (tertiary alicyclic amines) is 1. The number of fused-ring (bicyclic) bond motifs is 1. The van der Waals surface area contributed by atoms with Crippen LogP contribution in [0.15, 0.2) is 48.5 Å². The molecule has 1 N–H and O–H groups in total. The van der Waals surface area contributed by atoms with Crippen molar-refractivity contribution in [3.05, 3.63) is 70.8 Å². The molecular formula is C24H30N2O2. The monoisotopic (exact) mass is 378 g/mol. The Morgan fingerprint density at radius 2 is 1.86 bits per heavy atom. The Morgan fingerprint density at radius 1 is 1.04 bits per heavy atom. The normalized spacial score (nSPS) is 20.2. The quantitative estimate of drug-likeness (QED) is 0.851. The van der Waals surface area contributed by atoms with Crippen molar-refractivity contribution >= 4 is 5.91 Å². The summed E-state index contributed by atoms with van der Waals surface area (Å²) in [4.78, 5) is 15.2. The minimum Gasteiger partial charge on any atom is -0.371 e. The molecule has 0 bridgehead atoms. The van der Waals surface area contributed by atoms with Crippen LogP contribution in [0.4, 0.5) is 0 Å². The number of hydrogen-bond acceptors (Lipinski definition) is 3. The van der Waals surface area contributed by atoms with Gasteiger partial charge in [0.15, 0.2) is 0 Å². The van der Waals surface area contributed by atoms with Crippen molar-refractivity contribution in [3.8, 4) is 0 Å². The highest BCUT2D eigenvalue weighted by Gasteiger charge is 2.21. The van der Waals surface area contributed by atoms with E-state index in [1.54, 1.807) is 0 Å². The second kappa shape index (κ2) is 9.35. The lowest BCUT2D eigenvalue weighted by molar-refractivity contribution is 0.0411. The smallest absolute Gasteiger partial charge is 0.251 e. The molecule has 2 aliphatic rings. The van der Waals surface area contributed by atoms with Crippen LogP contribution in [0.25, 0.3) is 0 Å². The molecule has 1 fully saturated rings. The molecule has 28 heavy (non-hydrogen) atoms. The van der Waals surface area contributed by atoms with Crippen LogP contribution in [0, 0.1) is 0 Å². The average molecular weight is 379 g/mol. The van der Waals surface area contributed by atoms with Gasteiger partial charge in [-0.25, -0.2) is 0 Å². The largest absolute Gasteiger partial charge is 0.371 e.